The summed E-state index contributed by atoms with van der Waals surface area (Å²) in [6.45, 7) is 2.86. The van der Waals surface area contributed by atoms with Crippen LogP contribution in [0.3, 0.4) is 0 Å². The van der Waals surface area contributed by atoms with E-state index in [2.05, 4.69) is 36.5 Å². The fraction of sp³-hybridized carbons (Fsp3) is 0.611. The first-order valence-corrected chi connectivity index (χ1v) is 9.89. The van der Waals surface area contributed by atoms with Crippen molar-refractivity contribution in [2.45, 2.75) is 50.9 Å². The van der Waals surface area contributed by atoms with Gasteiger partial charge >= 0.3 is 0 Å². The molecule has 3 nitrogen and oxygen atoms in total. The lowest BCUT2D eigenvalue weighted by molar-refractivity contribution is -0.121. The highest BCUT2D eigenvalue weighted by Gasteiger charge is 2.35. The molecule has 1 aliphatic carbocycles. The maximum atomic E-state index is 12.0. The van der Waals surface area contributed by atoms with Crippen molar-refractivity contribution in [2.24, 2.45) is 0 Å². The van der Waals surface area contributed by atoms with Gasteiger partial charge in [-0.25, -0.2) is 0 Å². The molecule has 22 heavy (non-hydrogen) atoms. The fourth-order valence-corrected chi connectivity index (χ4v) is 4.00. The molecule has 2 rings (SSSR count). The number of carbonyl (C=O) groups is 1. The van der Waals surface area contributed by atoms with Crippen LogP contribution in [-0.2, 0) is 21.0 Å². The second-order valence-electron chi connectivity index (χ2n) is 6.46. The number of carbonyl (C=O) groups excluding carboxylic acids is 1. The number of rotatable bonds is 6. The molecule has 1 N–H and O–H groups in total. The van der Waals surface area contributed by atoms with E-state index >= 15 is 0 Å². The number of nitrogens with one attached hydrogen (secondary N) is 1. The Kier molecular flexibility index (Phi) is 6.18. The summed E-state index contributed by atoms with van der Waals surface area (Å²) < 4.78 is 11.1. The molecule has 0 bridgehead atoms. The Morgan fingerprint density at radius 3 is 2.55 bits per heavy atom. The van der Waals surface area contributed by atoms with Crippen LogP contribution in [0.25, 0.3) is 0 Å². The predicted octanol–water partition coefficient (Wildman–Crippen LogP) is 3.08. The van der Waals surface area contributed by atoms with E-state index < -0.39 is 10.8 Å². The van der Waals surface area contributed by atoms with Gasteiger partial charge in [-0.2, -0.15) is 0 Å². The highest BCUT2D eigenvalue weighted by atomic mass is 32.2. The van der Waals surface area contributed by atoms with Gasteiger partial charge in [-0.05, 0) is 30.9 Å². The van der Waals surface area contributed by atoms with Crippen LogP contribution in [0.2, 0.25) is 0 Å². The van der Waals surface area contributed by atoms with Gasteiger partial charge in [0.05, 0.1) is 0 Å². The normalized spacial score (nSPS) is 18.6. The lowest BCUT2D eigenvalue weighted by Crippen LogP contribution is -2.42. The lowest BCUT2D eigenvalue weighted by atomic mass is 9.68. The number of amides is 1. The Morgan fingerprint density at radius 2 is 1.91 bits per heavy atom. The van der Waals surface area contributed by atoms with Crippen molar-refractivity contribution in [2.75, 3.05) is 18.6 Å². The van der Waals surface area contributed by atoms with Crippen LogP contribution in [0, 0.1) is 6.92 Å². The molecule has 0 saturated heterocycles. The number of aryl methyl sites for hydroxylation is 1. The Balaban J connectivity index is 2.08. The van der Waals surface area contributed by atoms with E-state index in [0.717, 1.165) is 12.8 Å². The first-order chi connectivity index (χ1) is 10.5. The summed E-state index contributed by atoms with van der Waals surface area (Å²) in [6, 6.07) is 8.55. The van der Waals surface area contributed by atoms with Gasteiger partial charge in [-0.3, -0.25) is 9.00 Å². The Bertz CT molecular complexity index is 536. The summed E-state index contributed by atoms with van der Waals surface area (Å²) in [4.78, 5) is 12.0. The van der Waals surface area contributed by atoms with E-state index in [0.29, 0.717) is 18.7 Å². The minimum absolute atomic E-state index is 0.0220. The number of hydrogen-bond donors (Lipinski definition) is 1. The average molecular weight is 321 g/mol. The third-order valence-electron chi connectivity index (χ3n) is 4.77. The van der Waals surface area contributed by atoms with Crippen LogP contribution in [0.1, 0.15) is 49.7 Å². The molecule has 1 aromatic carbocycles. The summed E-state index contributed by atoms with van der Waals surface area (Å²) in [5.74, 6) is 0.470. The van der Waals surface area contributed by atoms with Crippen molar-refractivity contribution in [3.8, 4) is 0 Å². The molecule has 0 heterocycles. The summed E-state index contributed by atoms with van der Waals surface area (Å²) in [7, 11) is -0.905. The van der Waals surface area contributed by atoms with E-state index in [1.165, 1.54) is 30.4 Å². The van der Waals surface area contributed by atoms with Crippen LogP contribution in [0.5, 0.6) is 0 Å². The van der Waals surface area contributed by atoms with Crippen molar-refractivity contribution in [3.05, 3.63) is 35.4 Å². The topological polar surface area (TPSA) is 46.2 Å². The molecular weight excluding hydrogens is 294 g/mol. The molecule has 122 valence electrons. The van der Waals surface area contributed by atoms with Crippen LogP contribution < -0.4 is 5.32 Å². The summed E-state index contributed by atoms with van der Waals surface area (Å²) in [6.07, 6.45) is 8.01. The van der Waals surface area contributed by atoms with Gasteiger partial charge < -0.3 is 5.32 Å². The van der Waals surface area contributed by atoms with E-state index in [-0.39, 0.29) is 11.3 Å². The van der Waals surface area contributed by atoms with Gasteiger partial charge in [0.2, 0.25) is 5.91 Å². The highest BCUT2D eigenvalue weighted by molar-refractivity contribution is 7.84. The van der Waals surface area contributed by atoms with Crippen LogP contribution in [-0.4, -0.2) is 28.7 Å². The van der Waals surface area contributed by atoms with Crippen molar-refractivity contribution in [1.29, 1.82) is 0 Å². The zero-order valence-corrected chi connectivity index (χ0v) is 14.5. The number of benzene rings is 1. The second kappa shape index (κ2) is 7.91. The zero-order valence-electron chi connectivity index (χ0n) is 13.7. The lowest BCUT2D eigenvalue weighted by Gasteiger charge is -2.39. The maximum absolute atomic E-state index is 12.0. The van der Waals surface area contributed by atoms with Gasteiger partial charge in [0.25, 0.3) is 0 Å². The van der Waals surface area contributed by atoms with E-state index in [1.54, 1.807) is 6.26 Å². The van der Waals surface area contributed by atoms with Gasteiger partial charge in [0.15, 0.2) is 0 Å². The highest BCUT2D eigenvalue weighted by Crippen LogP contribution is 2.40. The third kappa shape index (κ3) is 4.42. The Hall–Kier alpha value is -1.16. The smallest absolute Gasteiger partial charge is 0.220 e. The molecule has 1 amide bonds. The maximum Gasteiger partial charge on any atom is 0.220 e. The van der Waals surface area contributed by atoms with Crippen molar-refractivity contribution < 1.29 is 9.00 Å². The molecule has 4 heteroatoms. The van der Waals surface area contributed by atoms with Crippen molar-refractivity contribution in [1.82, 2.24) is 5.32 Å². The van der Waals surface area contributed by atoms with E-state index in [4.69, 9.17) is 0 Å². The molecule has 0 aromatic heterocycles. The zero-order chi connectivity index (χ0) is 16.0. The monoisotopic (exact) mass is 321 g/mol. The second-order valence-corrected chi connectivity index (χ2v) is 8.01. The summed E-state index contributed by atoms with van der Waals surface area (Å²) >= 11 is 0. The molecule has 1 aromatic rings. The van der Waals surface area contributed by atoms with Gasteiger partial charge in [-0.15, -0.1) is 0 Å². The average Bonchev–Trinajstić information content (AvgIpc) is 2.52. The predicted molar refractivity (Wildman–Crippen MR) is 92.5 cm³/mol. The Labute approximate surface area is 136 Å². The molecule has 0 spiro atoms. The largest absolute Gasteiger partial charge is 0.355 e. The standard InChI is InChI=1S/C18H27NO2S/c1-15-8-4-5-9-16(15)18(11-6-3-7-12-18)14-19-17(20)10-13-22(2)21/h4-5,8-9H,3,6-7,10-14H2,1-2H3,(H,19,20)/t22-/m0/s1. The van der Waals surface area contributed by atoms with Gasteiger partial charge in [0, 0.05) is 41.2 Å². The molecule has 1 atom stereocenters. The van der Waals surface area contributed by atoms with Crippen molar-refractivity contribution in [3.63, 3.8) is 0 Å². The minimum Gasteiger partial charge on any atom is -0.355 e. The quantitative estimate of drug-likeness (QED) is 0.875. The van der Waals surface area contributed by atoms with Crippen LogP contribution in [0.4, 0.5) is 0 Å². The Morgan fingerprint density at radius 1 is 1.23 bits per heavy atom. The molecule has 1 aliphatic rings. The molecule has 0 radical (unpaired) electrons. The summed E-state index contributed by atoms with van der Waals surface area (Å²) in [5, 5.41) is 3.10. The number of hydrogen-bond acceptors (Lipinski definition) is 2. The van der Waals surface area contributed by atoms with Crippen LogP contribution in [0.15, 0.2) is 24.3 Å². The SMILES string of the molecule is Cc1ccccc1C1(CNC(=O)CC[S@](C)=O)CCCCC1. The third-order valence-corrected chi connectivity index (χ3v) is 5.55. The molecule has 1 saturated carbocycles. The molecule has 0 unspecified atom stereocenters. The first-order valence-electron chi connectivity index (χ1n) is 8.16. The fourth-order valence-electron chi connectivity index (χ4n) is 3.53. The molecule has 1 fully saturated rings. The minimum atomic E-state index is -0.905. The van der Waals surface area contributed by atoms with E-state index in [9.17, 15) is 9.00 Å². The van der Waals surface area contributed by atoms with Crippen molar-refractivity contribution >= 4 is 16.7 Å². The molecular formula is C18H27NO2S. The summed E-state index contributed by atoms with van der Waals surface area (Å²) in [5.41, 5.74) is 2.77. The van der Waals surface area contributed by atoms with Gasteiger partial charge in [-0.1, -0.05) is 43.5 Å². The first kappa shape index (κ1) is 17.2. The van der Waals surface area contributed by atoms with Gasteiger partial charge in [0.1, 0.15) is 0 Å². The van der Waals surface area contributed by atoms with Crippen LogP contribution >= 0.6 is 0 Å². The van der Waals surface area contributed by atoms with E-state index in [1.807, 2.05) is 0 Å². The molecule has 0 aliphatic heterocycles.